The Bertz CT molecular complexity index is 1260. The van der Waals surface area contributed by atoms with E-state index >= 15 is 0 Å². The molecule has 1 aliphatic rings. The maximum Gasteiger partial charge on any atom is 0.336 e. The van der Waals surface area contributed by atoms with E-state index in [1.54, 1.807) is 35.1 Å². The Morgan fingerprint density at radius 2 is 1.82 bits per heavy atom. The summed E-state index contributed by atoms with van der Waals surface area (Å²) in [4.78, 5) is 26.6. The first-order chi connectivity index (χ1) is 13.7. The number of methoxy groups -OCH3 is 1. The Hall–Kier alpha value is -3.19. The lowest BCUT2D eigenvalue weighted by Crippen LogP contribution is -2.28. The Kier molecular flexibility index (Phi) is 3.91. The van der Waals surface area contributed by atoms with Gasteiger partial charge in [-0.1, -0.05) is 30.3 Å². The van der Waals surface area contributed by atoms with E-state index < -0.39 is 5.63 Å². The van der Waals surface area contributed by atoms with E-state index in [2.05, 4.69) is 0 Å². The molecular weight excluding hydrogens is 378 g/mol. The average Bonchev–Trinajstić information content (AvgIpc) is 3.34. The van der Waals surface area contributed by atoms with Crippen LogP contribution in [-0.2, 0) is 4.79 Å². The van der Waals surface area contributed by atoms with Crippen LogP contribution in [0.2, 0.25) is 0 Å². The lowest BCUT2D eigenvalue weighted by molar-refractivity contribution is -0.115. The Morgan fingerprint density at radius 3 is 2.61 bits per heavy atom. The minimum Gasteiger partial charge on any atom is -0.490 e. The van der Waals surface area contributed by atoms with Crippen molar-refractivity contribution in [2.75, 3.05) is 17.8 Å². The summed E-state index contributed by atoms with van der Waals surface area (Å²) in [6.07, 6.45) is 1.54. The zero-order valence-corrected chi connectivity index (χ0v) is 15.7. The molecule has 1 aliphatic heterocycles. The van der Waals surface area contributed by atoms with E-state index in [0.717, 1.165) is 10.9 Å². The third-order valence-electron chi connectivity index (χ3n) is 4.82. The molecule has 0 spiro atoms. The molecule has 1 atom stereocenters. The van der Waals surface area contributed by atoms with Gasteiger partial charge in [0.15, 0.2) is 11.2 Å². The molecule has 0 saturated carbocycles. The standard InChI is InChI=1S/C21H15NO5S/c1-25-20-18-14(9-10-26-18)17(13-7-8-16(24)27-19(13)20)22-15(23)11-28-21(22)12-5-3-2-4-6-12/h2-10,21H,11H2,1H3. The smallest absolute Gasteiger partial charge is 0.336 e. The number of hydrogen-bond acceptors (Lipinski definition) is 6. The van der Waals surface area contributed by atoms with Gasteiger partial charge < -0.3 is 13.6 Å². The van der Waals surface area contributed by atoms with Crippen LogP contribution in [0, 0.1) is 0 Å². The molecule has 4 aromatic rings. The second-order valence-corrected chi connectivity index (χ2v) is 7.45. The number of anilines is 1. The SMILES string of the molecule is COc1c2occc2c(N2C(=O)CSC2c2ccccc2)c2ccc(=O)oc12. The van der Waals surface area contributed by atoms with Crippen LogP contribution in [-0.4, -0.2) is 18.8 Å². The molecule has 0 N–H and O–H groups in total. The second kappa shape index (κ2) is 6.45. The lowest BCUT2D eigenvalue weighted by atomic mass is 10.1. The number of benzene rings is 2. The van der Waals surface area contributed by atoms with Gasteiger partial charge in [0.1, 0.15) is 5.37 Å². The number of furan rings is 1. The number of nitrogens with zero attached hydrogens (tertiary/aromatic N) is 1. The first-order valence-electron chi connectivity index (χ1n) is 8.68. The molecule has 0 radical (unpaired) electrons. The summed E-state index contributed by atoms with van der Waals surface area (Å²) in [6.45, 7) is 0. The number of amides is 1. The highest BCUT2D eigenvalue weighted by Gasteiger charge is 2.37. The third kappa shape index (κ3) is 2.43. The molecule has 3 heterocycles. The molecule has 1 amide bonds. The number of hydrogen-bond donors (Lipinski definition) is 0. The maximum atomic E-state index is 12.9. The minimum atomic E-state index is -0.496. The third-order valence-corrected chi connectivity index (χ3v) is 6.03. The topological polar surface area (TPSA) is 72.9 Å². The first kappa shape index (κ1) is 16.9. The Labute approximate surface area is 163 Å². The summed E-state index contributed by atoms with van der Waals surface area (Å²) >= 11 is 1.56. The van der Waals surface area contributed by atoms with Gasteiger partial charge in [0.2, 0.25) is 11.7 Å². The summed E-state index contributed by atoms with van der Waals surface area (Å²) in [5.41, 5.74) is 1.90. The summed E-state index contributed by atoms with van der Waals surface area (Å²) < 4.78 is 16.6. The zero-order valence-electron chi connectivity index (χ0n) is 14.9. The van der Waals surface area contributed by atoms with E-state index in [9.17, 15) is 9.59 Å². The van der Waals surface area contributed by atoms with Crippen molar-refractivity contribution < 1.29 is 18.4 Å². The van der Waals surface area contributed by atoms with E-state index in [4.69, 9.17) is 13.6 Å². The van der Waals surface area contributed by atoms with Gasteiger partial charge in [-0.2, -0.15) is 0 Å². The number of ether oxygens (including phenoxy) is 1. The normalized spacial score (nSPS) is 17.0. The fourth-order valence-corrected chi connectivity index (χ4v) is 4.83. The summed E-state index contributed by atoms with van der Waals surface area (Å²) in [7, 11) is 1.49. The first-order valence-corrected chi connectivity index (χ1v) is 9.73. The van der Waals surface area contributed by atoms with Crippen LogP contribution < -0.4 is 15.3 Å². The van der Waals surface area contributed by atoms with E-state index in [1.807, 2.05) is 30.3 Å². The zero-order chi connectivity index (χ0) is 19.3. The van der Waals surface area contributed by atoms with Gasteiger partial charge in [0, 0.05) is 16.8 Å². The van der Waals surface area contributed by atoms with Crippen molar-refractivity contribution in [1.82, 2.24) is 0 Å². The number of carbonyl (C=O) groups excluding carboxylic acids is 1. The van der Waals surface area contributed by atoms with Crippen LogP contribution in [0.25, 0.3) is 21.9 Å². The van der Waals surface area contributed by atoms with Crippen molar-refractivity contribution in [3.8, 4) is 5.75 Å². The summed E-state index contributed by atoms with van der Waals surface area (Å²) in [5, 5.41) is 1.17. The maximum absolute atomic E-state index is 12.9. The van der Waals surface area contributed by atoms with Gasteiger partial charge in [0.25, 0.3) is 0 Å². The molecule has 5 rings (SSSR count). The molecule has 28 heavy (non-hydrogen) atoms. The highest BCUT2D eigenvalue weighted by molar-refractivity contribution is 8.00. The van der Waals surface area contributed by atoms with Gasteiger partial charge in [0.05, 0.1) is 24.8 Å². The van der Waals surface area contributed by atoms with Crippen molar-refractivity contribution in [2.45, 2.75) is 5.37 Å². The van der Waals surface area contributed by atoms with Crippen molar-refractivity contribution >= 4 is 45.3 Å². The van der Waals surface area contributed by atoms with Gasteiger partial charge in [-0.05, 0) is 17.7 Å². The van der Waals surface area contributed by atoms with Crippen molar-refractivity contribution in [3.63, 3.8) is 0 Å². The highest BCUT2D eigenvalue weighted by Crippen LogP contribution is 2.49. The molecule has 140 valence electrons. The molecule has 0 aliphatic carbocycles. The Morgan fingerprint density at radius 1 is 1.04 bits per heavy atom. The molecule has 6 nitrogen and oxygen atoms in total. The van der Waals surface area contributed by atoms with Crippen LogP contribution in [0.4, 0.5) is 5.69 Å². The molecular formula is C21H15NO5S. The molecule has 0 bridgehead atoms. The monoisotopic (exact) mass is 393 g/mol. The number of rotatable bonds is 3. The fraction of sp³-hybridized carbons (Fsp3) is 0.143. The summed E-state index contributed by atoms with van der Waals surface area (Å²) in [6, 6.07) is 14.7. The number of thioether (sulfide) groups is 1. The lowest BCUT2D eigenvalue weighted by Gasteiger charge is -2.26. The van der Waals surface area contributed by atoms with Crippen molar-refractivity contribution in [2.24, 2.45) is 0 Å². The van der Waals surface area contributed by atoms with Gasteiger partial charge >= 0.3 is 5.63 Å². The quantitative estimate of drug-likeness (QED) is 0.483. The number of fused-ring (bicyclic) bond motifs is 2. The Balaban J connectivity index is 1.85. The highest BCUT2D eigenvalue weighted by atomic mass is 32.2. The molecule has 7 heteroatoms. The molecule has 1 fully saturated rings. The predicted molar refractivity (Wildman–Crippen MR) is 108 cm³/mol. The average molecular weight is 393 g/mol. The molecule has 2 aromatic heterocycles. The molecule has 2 aromatic carbocycles. The van der Waals surface area contributed by atoms with Gasteiger partial charge in [-0.25, -0.2) is 4.79 Å². The van der Waals surface area contributed by atoms with E-state index in [1.165, 1.54) is 13.2 Å². The molecule has 1 unspecified atom stereocenters. The fourth-order valence-electron chi connectivity index (χ4n) is 3.67. The van der Waals surface area contributed by atoms with E-state index in [0.29, 0.717) is 28.2 Å². The van der Waals surface area contributed by atoms with Crippen LogP contribution in [0.15, 0.2) is 68.4 Å². The molecule has 1 saturated heterocycles. The van der Waals surface area contributed by atoms with Crippen LogP contribution in [0.5, 0.6) is 5.75 Å². The predicted octanol–water partition coefficient (Wildman–Crippen LogP) is 4.33. The second-order valence-electron chi connectivity index (χ2n) is 6.38. The number of carbonyl (C=O) groups is 1. The van der Waals surface area contributed by atoms with Gasteiger partial charge in [-0.15, -0.1) is 11.8 Å². The largest absolute Gasteiger partial charge is 0.490 e. The van der Waals surface area contributed by atoms with Gasteiger partial charge in [-0.3, -0.25) is 9.69 Å². The van der Waals surface area contributed by atoms with Crippen LogP contribution in [0.1, 0.15) is 10.9 Å². The van der Waals surface area contributed by atoms with E-state index in [-0.39, 0.29) is 16.9 Å². The van der Waals surface area contributed by atoms with Crippen LogP contribution in [0.3, 0.4) is 0 Å². The van der Waals surface area contributed by atoms with Crippen molar-refractivity contribution in [1.29, 1.82) is 0 Å². The van der Waals surface area contributed by atoms with Crippen molar-refractivity contribution in [3.05, 3.63) is 70.8 Å². The summed E-state index contributed by atoms with van der Waals surface area (Å²) in [5.74, 6) is 0.689. The minimum absolute atomic E-state index is 0.0148. The van der Waals surface area contributed by atoms with Crippen LogP contribution >= 0.6 is 11.8 Å².